The summed E-state index contributed by atoms with van der Waals surface area (Å²) in [5.74, 6) is 0.520. The molecule has 1 atom stereocenters. The van der Waals surface area contributed by atoms with Crippen molar-refractivity contribution in [3.63, 3.8) is 0 Å². The minimum Gasteiger partial charge on any atom is -0.377 e. The van der Waals surface area contributed by atoms with E-state index in [0.29, 0.717) is 17.5 Å². The molecule has 0 aliphatic heterocycles. The zero-order valence-corrected chi connectivity index (χ0v) is 13.8. The minimum absolute atomic E-state index is 0.0280. The normalized spacial score (nSPS) is 12.2. The maximum atomic E-state index is 11.9. The van der Waals surface area contributed by atoms with Gasteiger partial charge in [-0.1, -0.05) is 19.9 Å². The Morgan fingerprint density at radius 3 is 2.29 bits per heavy atom. The summed E-state index contributed by atoms with van der Waals surface area (Å²) < 4.78 is 0. The second-order valence-electron chi connectivity index (χ2n) is 5.66. The Morgan fingerprint density at radius 1 is 1.14 bits per heavy atom. The first-order valence-electron chi connectivity index (χ1n) is 7.10. The predicted octanol–water partition coefficient (Wildman–Crippen LogP) is 4.26. The molecule has 0 bridgehead atoms. The maximum Gasteiger partial charge on any atom is 0.253 e. The quantitative estimate of drug-likeness (QED) is 0.895. The highest BCUT2D eigenvalue weighted by Crippen LogP contribution is 2.29. The SMILES string of the molecule is CC(C)C(Nc1ccc(C(=O)N(C)C)cc1)c1cccs1. The molecular formula is C17H22N2OS. The lowest BCUT2D eigenvalue weighted by molar-refractivity contribution is 0.0827. The number of benzene rings is 1. The first kappa shape index (κ1) is 15.6. The Balaban J connectivity index is 2.13. The van der Waals surface area contributed by atoms with Gasteiger partial charge in [0.05, 0.1) is 6.04 Å². The molecule has 0 radical (unpaired) electrons. The fourth-order valence-electron chi connectivity index (χ4n) is 2.18. The van der Waals surface area contributed by atoms with Crippen LogP contribution in [0.25, 0.3) is 0 Å². The van der Waals surface area contributed by atoms with Crippen molar-refractivity contribution in [2.75, 3.05) is 19.4 Å². The number of thiophene rings is 1. The monoisotopic (exact) mass is 302 g/mol. The van der Waals surface area contributed by atoms with Crippen molar-refractivity contribution >= 4 is 22.9 Å². The van der Waals surface area contributed by atoms with Crippen LogP contribution in [0.2, 0.25) is 0 Å². The number of nitrogens with zero attached hydrogens (tertiary/aromatic N) is 1. The average Bonchev–Trinajstić information content (AvgIpc) is 2.98. The summed E-state index contributed by atoms with van der Waals surface area (Å²) in [6.45, 7) is 4.42. The Labute approximate surface area is 130 Å². The number of hydrogen-bond donors (Lipinski definition) is 1. The van der Waals surface area contributed by atoms with E-state index in [1.54, 1.807) is 30.3 Å². The maximum absolute atomic E-state index is 11.9. The first-order chi connectivity index (χ1) is 9.99. The van der Waals surface area contributed by atoms with Gasteiger partial charge < -0.3 is 10.2 Å². The first-order valence-corrected chi connectivity index (χ1v) is 7.98. The van der Waals surface area contributed by atoms with Crippen molar-refractivity contribution in [3.8, 4) is 0 Å². The number of hydrogen-bond acceptors (Lipinski definition) is 3. The highest BCUT2D eigenvalue weighted by molar-refractivity contribution is 7.10. The molecule has 1 amide bonds. The van der Waals surface area contributed by atoms with Crippen LogP contribution in [0.4, 0.5) is 5.69 Å². The van der Waals surface area contributed by atoms with Crippen molar-refractivity contribution in [1.29, 1.82) is 0 Å². The van der Waals surface area contributed by atoms with Crippen molar-refractivity contribution < 1.29 is 4.79 Å². The van der Waals surface area contributed by atoms with Gasteiger partial charge in [0.2, 0.25) is 0 Å². The molecule has 3 nitrogen and oxygen atoms in total. The molecule has 0 saturated carbocycles. The van der Waals surface area contributed by atoms with E-state index in [1.807, 2.05) is 24.3 Å². The summed E-state index contributed by atoms with van der Waals surface area (Å²) in [4.78, 5) is 14.8. The van der Waals surface area contributed by atoms with E-state index in [4.69, 9.17) is 0 Å². The average molecular weight is 302 g/mol. The van der Waals surface area contributed by atoms with Crippen LogP contribution < -0.4 is 5.32 Å². The van der Waals surface area contributed by atoms with Gasteiger partial charge in [-0.05, 0) is 41.6 Å². The Kier molecular flexibility index (Phi) is 5.02. The Bertz CT molecular complexity index is 573. The number of amides is 1. The number of carbonyl (C=O) groups excluding carboxylic acids is 1. The van der Waals surface area contributed by atoms with E-state index < -0.39 is 0 Å². The smallest absolute Gasteiger partial charge is 0.253 e. The summed E-state index contributed by atoms with van der Waals surface area (Å²) >= 11 is 1.77. The molecule has 21 heavy (non-hydrogen) atoms. The highest BCUT2D eigenvalue weighted by atomic mass is 32.1. The van der Waals surface area contributed by atoms with Crippen LogP contribution in [0, 0.1) is 5.92 Å². The van der Waals surface area contributed by atoms with Gasteiger partial charge in [0, 0.05) is 30.2 Å². The molecule has 2 rings (SSSR count). The molecule has 1 unspecified atom stereocenters. The molecule has 1 heterocycles. The third-order valence-corrected chi connectivity index (χ3v) is 4.33. The molecule has 0 fully saturated rings. The second-order valence-corrected chi connectivity index (χ2v) is 6.64. The van der Waals surface area contributed by atoms with Crippen LogP contribution in [-0.4, -0.2) is 24.9 Å². The third-order valence-electron chi connectivity index (χ3n) is 3.38. The lowest BCUT2D eigenvalue weighted by Crippen LogP contribution is -2.21. The Hall–Kier alpha value is -1.81. The van der Waals surface area contributed by atoms with E-state index in [0.717, 1.165) is 5.69 Å². The molecule has 0 saturated heterocycles. The van der Waals surface area contributed by atoms with Crippen LogP contribution in [0.5, 0.6) is 0 Å². The molecule has 112 valence electrons. The van der Waals surface area contributed by atoms with Gasteiger partial charge in [0.25, 0.3) is 5.91 Å². The largest absolute Gasteiger partial charge is 0.377 e. The molecule has 1 aromatic heterocycles. The summed E-state index contributed by atoms with van der Waals surface area (Å²) in [6.07, 6.45) is 0. The van der Waals surface area contributed by atoms with E-state index in [9.17, 15) is 4.79 Å². The number of nitrogens with one attached hydrogen (secondary N) is 1. The van der Waals surface area contributed by atoms with Crippen LogP contribution in [0.15, 0.2) is 41.8 Å². The fraction of sp³-hybridized carbons (Fsp3) is 0.353. The Morgan fingerprint density at radius 2 is 1.81 bits per heavy atom. The molecular weight excluding hydrogens is 280 g/mol. The van der Waals surface area contributed by atoms with Gasteiger partial charge in [-0.25, -0.2) is 0 Å². The van der Waals surface area contributed by atoms with Crippen LogP contribution in [0.3, 0.4) is 0 Å². The number of carbonyl (C=O) groups is 1. The standard InChI is InChI=1S/C17H22N2OS/c1-12(2)16(15-6-5-11-21-15)18-14-9-7-13(8-10-14)17(20)19(3)4/h5-12,16,18H,1-4H3. The fourth-order valence-corrected chi connectivity index (χ4v) is 3.13. The van der Waals surface area contributed by atoms with E-state index in [2.05, 4.69) is 36.7 Å². The molecule has 1 N–H and O–H groups in total. The lowest BCUT2D eigenvalue weighted by Gasteiger charge is -2.22. The number of anilines is 1. The van der Waals surface area contributed by atoms with Crippen LogP contribution in [-0.2, 0) is 0 Å². The molecule has 0 spiro atoms. The van der Waals surface area contributed by atoms with Gasteiger partial charge in [-0.15, -0.1) is 11.3 Å². The second kappa shape index (κ2) is 6.76. The molecule has 0 aliphatic rings. The summed E-state index contributed by atoms with van der Waals surface area (Å²) in [5.41, 5.74) is 1.75. The zero-order valence-electron chi connectivity index (χ0n) is 13.0. The van der Waals surface area contributed by atoms with E-state index >= 15 is 0 Å². The minimum atomic E-state index is 0.0280. The van der Waals surface area contributed by atoms with E-state index in [1.165, 1.54) is 4.88 Å². The van der Waals surface area contributed by atoms with Crippen LogP contribution in [0.1, 0.15) is 35.1 Å². The topological polar surface area (TPSA) is 32.3 Å². The number of rotatable bonds is 5. The summed E-state index contributed by atoms with van der Waals surface area (Å²) in [5, 5.41) is 5.66. The van der Waals surface area contributed by atoms with Crippen molar-refractivity contribution in [3.05, 3.63) is 52.2 Å². The van der Waals surface area contributed by atoms with Gasteiger partial charge in [-0.3, -0.25) is 4.79 Å². The van der Waals surface area contributed by atoms with Gasteiger partial charge in [0.1, 0.15) is 0 Å². The third kappa shape index (κ3) is 3.85. The molecule has 4 heteroatoms. The lowest BCUT2D eigenvalue weighted by atomic mass is 10.0. The van der Waals surface area contributed by atoms with Gasteiger partial charge >= 0.3 is 0 Å². The van der Waals surface area contributed by atoms with Crippen molar-refractivity contribution in [2.24, 2.45) is 5.92 Å². The van der Waals surface area contributed by atoms with Crippen molar-refractivity contribution in [1.82, 2.24) is 4.90 Å². The highest BCUT2D eigenvalue weighted by Gasteiger charge is 2.16. The van der Waals surface area contributed by atoms with Gasteiger partial charge in [0.15, 0.2) is 0 Å². The van der Waals surface area contributed by atoms with Crippen molar-refractivity contribution in [2.45, 2.75) is 19.9 Å². The van der Waals surface area contributed by atoms with E-state index in [-0.39, 0.29) is 5.91 Å². The predicted molar refractivity (Wildman–Crippen MR) is 90.0 cm³/mol. The zero-order chi connectivity index (χ0) is 15.4. The molecule has 1 aromatic carbocycles. The van der Waals surface area contributed by atoms with Crippen LogP contribution >= 0.6 is 11.3 Å². The molecule has 2 aromatic rings. The van der Waals surface area contributed by atoms with Gasteiger partial charge in [-0.2, -0.15) is 0 Å². The summed E-state index contributed by atoms with van der Waals surface area (Å²) in [7, 11) is 3.53. The molecule has 0 aliphatic carbocycles. The summed E-state index contributed by atoms with van der Waals surface area (Å²) in [6, 6.07) is 12.2.